The van der Waals surface area contributed by atoms with Gasteiger partial charge in [-0.1, -0.05) is 24.3 Å². The first-order chi connectivity index (χ1) is 17.5. The first-order valence-electron chi connectivity index (χ1n) is 12.8. The normalized spacial score (nSPS) is 23.4. The summed E-state index contributed by atoms with van der Waals surface area (Å²) in [5.74, 6) is 0.266. The molecule has 0 bridgehead atoms. The topological polar surface area (TPSA) is 69.4 Å². The summed E-state index contributed by atoms with van der Waals surface area (Å²) in [7, 11) is -3.48. The van der Waals surface area contributed by atoms with E-state index >= 15 is 0 Å². The van der Waals surface area contributed by atoms with Gasteiger partial charge in [0.2, 0.25) is 10.0 Å². The minimum Gasteiger partial charge on any atom is -0.357 e. The number of hydrogen-bond acceptors (Lipinski definition) is 4. The summed E-state index contributed by atoms with van der Waals surface area (Å²) in [5, 5.41) is 5.73. The van der Waals surface area contributed by atoms with Crippen molar-refractivity contribution in [1.82, 2.24) is 18.7 Å². The van der Waals surface area contributed by atoms with Crippen LogP contribution in [-0.2, 0) is 21.3 Å². The van der Waals surface area contributed by atoms with Crippen LogP contribution < -0.4 is 0 Å². The molecular weight excluding hydrogens is 472 g/mol. The van der Waals surface area contributed by atoms with Gasteiger partial charge in [-0.05, 0) is 74.4 Å². The van der Waals surface area contributed by atoms with Crippen LogP contribution in [0, 0.1) is 5.92 Å². The lowest BCUT2D eigenvalue weighted by Crippen LogP contribution is -2.34. The van der Waals surface area contributed by atoms with Crippen molar-refractivity contribution in [2.75, 3.05) is 13.2 Å². The third-order valence-electron chi connectivity index (χ3n) is 7.57. The Morgan fingerprint density at radius 2 is 1.92 bits per heavy atom. The Labute approximate surface area is 212 Å². The van der Waals surface area contributed by atoms with E-state index in [4.69, 9.17) is 4.74 Å². The molecule has 4 aromatic rings. The number of nitrogens with zero attached hydrogens (tertiary/aromatic N) is 4. The van der Waals surface area contributed by atoms with Gasteiger partial charge in [-0.15, -0.1) is 0 Å². The zero-order valence-corrected chi connectivity index (χ0v) is 21.3. The summed E-state index contributed by atoms with van der Waals surface area (Å²) in [5.41, 5.74) is 3.39. The summed E-state index contributed by atoms with van der Waals surface area (Å²) < 4.78 is 38.1. The minimum atomic E-state index is -3.48. The van der Waals surface area contributed by atoms with Crippen molar-refractivity contribution in [3.05, 3.63) is 73.2 Å². The summed E-state index contributed by atoms with van der Waals surface area (Å²) in [6.07, 6.45) is 10.3. The van der Waals surface area contributed by atoms with Gasteiger partial charge < -0.3 is 9.30 Å². The molecule has 2 aliphatic heterocycles. The van der Waals surface area contributed by atoms with Crippen LogP contribution in [0.15, 0.2) is 78.1 Å². The predicted octanol–water partition coefficient (Wildman–Crippen LogP) is 5.30. The van der Waals surface area contributed by atoms with Crippen molar-refractivity contribution in [3.63, 3.8) is 0 Å². The third kappa shape index (κ3) is 4.38. The first kappa shape index (κ1) is 23.5. The second kappa shape index (κ2) is 9.50. The van der Waals surface area contributed by atoms with E-state index in [0.717, 1.165) is 43.5 Å². The van der Waals surface area contributed by atoms with Gasteiger partial charge in [-0.3, -0.25) is 0 Å². The molecule has 2 saturated heterocycles. The highest BCUT2D eigenvalue weighted by Crippen LogP contribution is 2.32. The molecule has 2 aromatic heterocycles. The number of sulfonamides is 1. The molecule has 4 heterocycles. The Balaban J connectivity index is 1.18. The minimum absolute atomic E-state index is 0.0154. The van der Waals surface area contributed by atoms with Crippen LogP contribution in [0.2, 0.25) is 0 Å². The smallest absolute Gasteiger partial charge is 0.243 e. The van der Waals surface area contributed by atoms with Crippen molar-refractivity contribution >= 4 is 20.9 Å². The molecule has 2 aromatic carbocycles. The maximum absolute atomic E-state index is 13.2. The van der Waals surface area contributed by atoms with Crippen LogP contribution in [0.1, 0.15) is 38.8 Å². The van der Waals surface area contributed by atoms with Crippen LogP contribution in [0.25, 0.3) is 22.0 Å². The number of benzene rings is 2. The SMILES string of the molecule is C[C@H]1C[C@H](Cn2ccc3cc(-c4cnn(C5CCCCO5)c4)ccc32)CN1S(=O)(=O)c1ccccc1. The largest absolute Gasteiger partial charge is 0.357 e. The van der Waals surface area contributed by atoms with Crippen molar-refractivity contribution in [1.29, 1.82) is 0 Å². The lowest BCUT2D eigenvalue weighted by Gasteiger charge is -2.22. The Morgan fingerprint density at radius 3 is 2.72 bits per heavy atom. The molecule has 0 radical (unpaired) electrons. The standard InChI is InChI=1S/C28H32N4O3S/c1-21-15-22(19-32(21)36(33,34)26-7-3-2-4-8-26)18-30-13-12-24-16-23(10-11-27(24)30)25-17-29-31(20-25)28-9-5-6-14-35-28/h2-4,7-8,10-13,16-17,20-22,28H,5-6,9,14-15,18-19H2,1H3/t21-,22+,28?/m0/s1. The van der Waals surface area contributed by atoms with Crippen LogP contribution in [0.4, 0.5) is 0 Å². The van der Waals surface area contributed by atoms with Gasteiger partial charge in [0, 0.05) is 54.6 Å². The number of rotatable bonds is 6. The van der Waals surface area contributed by atoms with Gasteiger partial charge in [0.05, 0.1) is 11.1 Å². The number of fused-ring (bicyclic) bond motifs is 1. The fourth-order valence-electron chi connectivity index (χ4n) is 5.70. The van der Waals surface area contributed by atoms with Crippen molar-refractivity contribution in [2.45, 2.75) is 56.3 Å². The predicted molar refractivity (Wildman–Crippen MR) is 140 cm³/mol. The van der Waals surface area contributed by atoms with E-state index in [0.29, 0.717) is 11.4 Å². The molecule has 7 nitrogen and oxygen atoms in total. The van der Waals surface area contributed by atoms with Gasteiger partial charge >= 0.3 is 0 Å². The van der Waals surface area contributed by atoms with Crippen LogP contribution in [-0.4, -0.2) is 46.3 Å². The third-order valence-corrected chi connectivity index (χ3v) is 9.56. The van der Waals surface area contributed by atoms with Gasteiger partial charge in [0.25, 0.3) is 0 Å². The number of hydrogen-bond donors (Lipinski definition) is 0. The van der Waals surface area contributed by atoms with Gasteiger partial charge in [0.1, 0.15) is 6.23 Å². The zero-order chi connectivity index (χ0) is 24.7. The monoisotopic (exact) mass is 504 g/mol. The highest BCUT2D eigenvalue weighted by molar-refractivity contribution is 7.89. The van der Waals surface area contributed by atoms with E-state index in [2.05, 4.69) is 46.3 Å². The first-order valence-corrected chi connectivity index (χ1v) is 14.2. The van der Waals surface area contributed by atoms with E-state index in [1.54, 1.807) is 28.6 Å². The Kier molecular flexibility index (Phi) is 6.19. The van der Waals surface area contributed by atoms with Crippen LogP contribution >= 0.6 is 0 Å². The second-order valence-electron chi connectivity index (χ2n) is 10.1. The zero-order valence-electron chi connectivity index (χ0n) is 20.5. The fourth-order valence-corrected chi connectivity index (χ4v) is 7.44. The van der Waals surface area contributed by atoms with Crippen molar-refractivity contribution < 1.29 is 13.2 Å². The lowest BCUT2D eigenvalue weighted by molar-refractivity contribution is -0.0394. The Bertz CT molecular complexity index is 1450. The van der Waals surface area contributed by atoms with E-state index in [9.17, 15) is 8.42 Å². The summed E-state index contributed by atoms with van der Waals surface area (Å²) in [6.45, 7) is 4.15. The molecule has 188 valence electrons. The van der Waals surface area contributed by atoms with Crippen molar-refractivity contribution in [3.8, 4) is 11.1 Å². The van der Waals surface area contributed by atoms with E-state index < -0.39 is 10.0 Å². The summed E-state index contributed by atoms with van der Waals surface area (Å²) >= 11 is 0. The Morgan fingerprint density at radius 1 is 1.06 bits per heavy atom. The molecule has 2 fully saturated rings. The molecule has 0 aliphatic carbocycles. The maximum atomic E-state index is 13.2. The fraction of sp³-hybridized carbons (Fsp3) is 0.393. The molecule has 8 heteroatoms. The summed E-state index contributed by atoms with van der Waals surface area (Å²) in [6, 6.07) is 17.4. The van der Waals surface area contributed by atoms with E-state index in [1.807, 2.05) is 23.9 Å². The average Bonchev–Trinajstić information content (AvgIpc) is 3.64. The summed E-state index contributed by atoms with van der Waals surface area (Å²) in [4.78, 5) is 0.370. The molecule has 0 spiro atoms. The van der Waals surface area contributed by atoms with Gasteiger partial charge in [0.15, 0.2) is 0 Å². The second-order valence-corrected chi connectivity index (χ2v) is 12.0. The highest BCUT2D eigenvalue weighted by Gasteiger charge is 2.37. The molecular formula is C28H32N4O3S. The lowest BCUT2D eigenvalue weighted by atomic mass is 10.1. The Hall–Kier alpha value is -2.94. The molecule has 3 atom stereocenters. The molecule has 1 unspecified atom stereocenters. The van der Waals surface area contributed by atoms with E-state index in [1.165, 1.54) is 17.3 Å². The van der Waals surface area contributed by atoms with Gasteiger partial charge in [-0.25, -0.2) is 13.1 Å². The molecule has 6 rings (SSSR count). The molecule has 2 aliphatic rings. The molecule has 36 heavy (non-hydrogen) atoms. The number of ether oxygens (including phenoxy) is 1. The number of aromatic nitrogens is 3. The van der Waals surface area contributed by atoms with Gasteiger partial charge in [-0.2, -0.15) is 9.40 Å². The quantitative estimate of drug-likeness (QED) is 0.357. The highest BCUT2D eigenvalue weighted by atomic mass is 32.2. The average molecular weight is 505 g/mol. The molecule has 0 saturated carbocycles. The van der Waals surface area contributed by atoms with Crippen molar-refractivity contribution in [2.24, 2.45) is 5.92 Å². The molecule has 0 N–H and O–H groups in total. The maximum Gasteiger partial charge on any atom is 0.243 e. The molecule has 0 amide bonds. The van der Waals surface area contributed by atoms with Crippen LogP contribution in [0.3, 0.4) is 0 Å². The van der Waals surface area contributed by atoms with Crippen LogP contribution in [0.5, 0.6) is 0 Å². The van der Waals surface area contributed by atoms with E-state index in [-0.39, 0.29) is 18.2 Å².